The van der Waals surface area contributed by atoms with Crippen molar-refractivity contribution in [2.75, 3.05) is 4.90 Å². The van der Waals surface area contributed by atoms with E-state index in [-0.39, 0.29) is 16.5 Å². The van der Waals surface area contributed by atoms with Crippen LogP contribution < -0.4 is 4.90 Å². The van der Waals surface area contributed by atoms with E-state index in [1.807, 2.05) is 62.2 Å². The second-order valence-electron chi connectivity index (χ2n) is 9.56. The van der Waals surface area contributed by atoms with Crippen LogP contribution in [0.2, 0.25) is 5.02 Å². The first-order chi connectivity index (χ1) is 15.1. The number of hydrogen-bond donors (Lipinski definition) is 0. The van der Waals surface area contributed by atoms with Crippen molar-refractivity contribution in [1.82, 2.24) is 4.90 Å². The SMILES string of the molecule is CC(C)(C)C(=O)[C@H]1[C@H]2C(=O)N(c3ccc(F)c(Cl)c3)C(=O)[C@@H]2[C@H]2c3ccccc3C=CN21. The summed E-state index contributed by atoms with van der Waals surface area (Å²) in [5, 5.41) is -0.171. The fourth-order valence-corrected chi connectivity index (χ4v) is 5.35. The number of carbonyl (C=O) groups is 3. The van der Waals surface area contributed by atoms with Crippen molar-refractivity contribution in [2.24, 2.45) is 17.3 Å². The molecule has 5 nitrogen and oxygen atoms in total. The summed E-state index contributed by atoms with van der Waals surface area (Å²) in [6, 6.07) is 10.3. The molecule has 0 radical (unpaired) electrons. The highest BCUT2D eigenvalue weighted by Gasteiger charge is 2.65. The predicted molar refractivity (Wildman–Crippen MR) is 119 cm³/mol. The summed E-state index contributed by atoms with van der Waals surface area (Å²) >= 11 is 5.93. The van der Waals surface area contributed by atoms with Gasteiger partial charge in [-0.05, 0) is 35.4 Å². The molecule has 0 aliphatic carbocycles. The van der Waals surface area contributed by atoms with Gasteiger partial charge in [0.25, 0.3) is 0 Å². The second-order valence-corrected chi connectivity index (χ2v) is 9.96. The van der Waals surface area contributed by atoms with Gasteiger partial charge in [0, 0.05) is 11.6 Å². The zero-order valence-electron chi connectivity index (χ0n) is 17.9. The molecule has 3 heterocycles. The number of fused-ring (bicyclic) bond motifs is 5. The third-order valence-electron chi connectivity index (χ3n) is 6.63. The molecule has 5 rings (SSSR count). The van der Waals surface area contributed by atoms with Gasteiger partial charge in [-0.25, -0.2) is 9.29 Å². The van der Waals surface area contributed by atoms with E-state index in [2.05, 4.69) is 0 Å². The van der Waals surface area contributed by atoms with Gasteiger partial charge in [-0.2, -0.15) is 0 Å². The Morgan fingerprint density at radius 2 is 1.72 bits per heavy atom. The molecule has 0 bridgehead atoms. The maximum atomic E-state index is 13.7. The number of ketones is 1. The fraction of sp³-hybridized carbons (Fsp3) is 0.320. The van der Waals surface area contributed by atoms with Crippen molar-refractivity contribution in [3.8, 4) is 0 Å². The molecule has 3 aliphatic heterocycles. The highest BCUT2D eigenvalue weighted by Crippen LogP contribution is 2.54. The van der Waals surface area contributed by atoms with Crippen LogP contribution in [0.4, 0.5) is 10.1 Å². The lowest BCUT2D eigenvalue weighted by Crippen LogP contribution is -2.47. The number of imide groups is 1. The molecule has 2 amide bonds. The summed E-state index contributed by atoms with van der Waals surface area (Å²) in [6.45, 7) is 5.45. The van der Waals surface area contributed by atoms with Crippen molar-refractivity contribution in [3.63, 3.8) is 0 Å². The Hall–Kier alpha value is -2.99. The van der Waals surface area contributed by atoms with Gasteiger partial charge >= 0.3 is 0 Å². The van der Waals surface area contributed by atoms with Crippen LogP contribution in [0.5, 0.6) is 0 Å². The number of halogens is 2. The largest absolute Gasteiger partial charge is 0.359 e. The van der Waals surface area contributed by atoms with Gasteiger partial charge in [0.2, 0.25) is 11.8 Å². The topological polar surface area (TPSA) is 57.7 Å². The number of hydrogen-bond acceptors (Lipinski definition) is 4. The third-order valence-corrected chi connectivity index (χ3v) is 6.92. The van der Waals surface area contributed by atoms with E-state index in [1.165, 1.54) is 12.1 Å². The molecule has 32 heavy (non-hydrogen) atoms. The van der Waals surface area contributed by atoms with Gasteiger partial charge in [0.1, 0.15) is 11.9 Å². The molecule has 0 unspecified atom stereocenters. The standard InChI is InChI=1S/C25H22ClFN2O3/c1-25(2,3)22(30)21-19-18(20-15-7-5-4-6-13(15)10-11-28(20)21)23(31)29(24(19)32)14-8-9-17(27)16(26)12-14/h4-12,18-21H,1-3H3/t18-,19-,20+,21+/m0/s1. The second kappa shape index (κ2) is 7.01. The molecule has 0 saturated carbocycles. The Labute approximate surface area is 190 Å². The third kappa shape index (κ3) is 2.85. The maximum Gasteiger partial charge on any atom is 0.240 e. The average Bonchev–Trinajstić information content (AvgIpc) is 3.22. The molecule has 7 heteroatoms. The zero-order chi connectivity index (χ0) is 22.9. The van der Waals surface area contributed by atoms with Crippen LogP contribution in [0.15, 0.2) is 48.7 Å². The monoisotopic (exact) mass is 452 g/mol. The van der Waals surface area contributed by atoms with Crippen LogP contribution in [0, 0.1) is 23.1 Å². The molecule has 0 aromatic heterocycles. The van der Waals surface area contributed by atoms with E-state index in [4.69, 9.17) is 11.6 Å². The maximum absolute atomic E-state index is 13.7. The summed E-state index contributed by atoms with van der Waals surface area (Å²) in [6.07, 6.45) is 3.75. The van der Waals surface area contributed by atoms with Crippen LogP contribution >= 0.6 is 11.6 Å². The zero-order valence-corrected chi connectivity index (χ0v) is 18.6. The number of anilines is 1. The number of rotatable bonds is 2. The lowest BCUT2D eigenvalue weighted by atomic mass is 9.79. The molecule has 2 saturated heterocycles. The van der Waals surface area contributed by atoms with E-state index >= 15 is 0 Å². The minimum absolute atomic E-state index is 0.0980. The van der Waals surface area contributed by atoms with Gasteiger partial charge < -0.3 is 4.90 Å². The number of Topliss-reactive ketones (excluding diaryl/α,β-unsaturated/α-hetero) is 1. The molecular weight excluding hydrogens is 431 g/mol. The van der Waals surface area contributed by atoms with Crippen LogP contribution in [-0.4, -0.2) is 28.5 Å². The van der Waals surface area contributed by atoms with Crippen molar-refractivity contribution < 1.29 is 18.8 Å². The van der Waals surface area contributed by atoms with E-state index < -0.39 is 47.0 Å². The Kier molecular flexibility index (Phi) is 4.57. The minimum atomic E-state index is -0.834. The van der Waals surface area contributed by atoms with Gasteiger partial charge in [0.15, 0.2) is 5.78 Å². The van der Waals surface area contributed by atoms with Gasteiger partial charge in [-0.15, -0.1) is 0 Å². The molecule has 2 aromatic carbocycles. The van der Waals surface area contributed by atoms with Crippen molar-refractivity contribution in [2.45, 2.75) is 32.9 Å². The smallest absolute Gasteiger partial charge is 0.240 e. The van der Waals surface area contributed by atoms with Crippen molar-refractivity contribution >= 4 is 41.0 Å². The molecule has 3 aliphatic rings. The molecule has 2 aromatic rings. The Morgan fingerprint density at radius 1 is 1.03 bits per heavy atom. The summed E-state index contributed by atoms with van der Waals surface area (Å²) in [4.78, 5) is 43.8. The minimum Gasteiger partial charge on any atom is -0.359 e. The van der Waals surface area contributed by atoms with Crippen LogP contribution in [0.3, 0.4) is 0 Å². The van der Waals surface area contributed by atoms with Crippen molar-refractivity contribution in [3.05, 3.63) is 70.6 Å². The molecule has 2 fully saturated rings. The lowest BCUT2D eigenvalue weighted by molar-refractivity contribution is -0.135. The number of nitrogens with zero attached hydrogens (tertiary/aromatic N) is 2. The highest BCUT2D eigenvalue weighted by molar-refractivity contribution is 6.31. The van der Waals surface area contributed by atoms with E-state index in [0.717, 1.165) is 22.1 Å². The van der Waals surface area contributed by atoms with Gasteiger partial charge in [0.05, 0.1) is 28.6 Å². The van der Waals surface area contributed by atoms with Crippen LogP contribution in [-0.2, 0) is 14.4 Å². The molecule has 164 valence electrons. The van der Waals surface area contributed by atoms with Crippen molar-refractivity contribution in [1.29, 1.82) is 0 Å². The van der Waals surface area contributed by atoms with E-state index in [9.17, 15) is 18.8 Å². The highest BCUT2D eigenvalue weighted by atomic mass is 35.5. The van der Waals surface area contributed by atoms with E-state index in [0.29, 0.717) is 0 Å². The van der Waals surface area contributed by atoms with Gasteiger partial charge in [-0.1, -0.05) is 56.6 Å². The Balaban J connectivity index is 1.67. The Morgan fingerprint density at radius 3 is 2.41 bits per heavy atom. The Bertz CT molecular complexity index is 1200. The fourth-order valence-electron chi connectivity index (χ4n) is 5.18. The summed E-state index contributed by atoms with van der Waals surface area (Å²) in [5.74, 6) is -3.14. The molecule has 0 N–H and O–H groups in total. The predicted octanol–water partition coefficient (Wildman–Crippen LogP) is 4.61. The summed E-state index contributed by atoms with van der Waals surface area (Å²) in [7, 11) is 0. The number of benzene rings is 2. The van der Waals surface area contributed by atoms with E-state index in [1.54, 1.807) is 0 Å². The normalized spacial score (nSPS) is 26.3. The first-order valence-corrected chi connectivity index (χ1v) is 10.9. The molecule has 0 spiro atoms. The number of amides is 2. The summed E-state index contributed by atoms with van der Waals surface area (Å²) in [5.41, 5.74) is 1.38. The first-order valence-electron chi connectivity index (χ1n) is 10.5. The lowest BCUT2D eigenvalue weighted by Gasteiger charge is -2.37. The summed E-state index contributed by atoms with van der Waals surface area (Å²) < 4.78 is 13.7. The van der Waals surface area contributed by atoms with Gasteiger partial charge in [-0.3, -0.25) is 14.4 Å². The molecule has 4 atom stereocenters. The first kappa shape index (κ1) is 20.9. The molecular formula is C25H22ClFN2O3. The quantitative estimate of drug-likeness (QED) is 0.624. The van der Waals surface area contributed by atoms with Crippen LogP contribution in [0.1, 0.15) is 37.9 Å². The number of carbonyl (C=O) groups excluding carboxylic acids is 3. The van der Waals surface area contributed by atoms with Crippen LogP contribution in [0.25, 0.3) is 6.08 Å². The average molecular weight is 453 g/mol.